The Morgan fingerprint density at radius 3 is 2.16 bits per heavy atom. The molecule has 0 spiro atoms. The molecule has 1 atom stereocenters. The molecule has 0 aliphatic carbocycles. The van der Waals surface area contributed by atoms with Crippen LogP contribution in [-0.2, 0) is 19.1 Å². The Kier molecular flexibility index (Phi) is 8.15. The van der Waals surface area contributed by atoms with Gasteiger partial charge in [0, 0.05) is 32.6 Å². The molecule has 1 aliphatic rings. The van der Waals surface area contributed by atoms with Gasteiger partial charge in [-0.1, -0.05) is 6.92 Å². The molecule has 144 valence electrons. The fourth-order valence-corrected chi connectivity index (χ4v) is 2.41. The fraction of sp³-hybridized carbons (Fsp3) is 0.824. The average molecular weight is 357 g/mol. The summed E-state index contributed by atoms with van der Waals surface area (Å²) < 4.78 is 10.3. The van der Waals surface area contributed by atoms with Crippen molar-refractivity contribution in [1.29, 1.82) is 0 Å². The van der Waals surface area contributed by atoms with Gasteiger partial charge in [0.05, 0.1) is 12.6 Å². The summed E-state index contributed by atoms with van der Waals surface area (Å²) in [6, 6.07) is -0.744. The van der Waals surface area contributed by atoms with Crippen LogP contribution in [0.4, 0.5) is 4.79 Å². The van der Waals surface area contributed by atoms with Gasteiger partial charge < -0.3 is 25.0 Å². The smallest absolute Gasteiger partial charge is 0.409 e. The second-order valence-corrected chi connectivity index (χ2v) is 7.16. The zero-order valence-electron chi connectivity index (χ0n) is 15.7. The maximum atomic E-state index is 12.4. The molecule has 0 bridgehead atoms. The van der Waals surface area contributed by atoms with E-state index in [0.717, 1.165) is 6.42 Å². The minimum Gasteiger partial charge on any atom is -0.460 e. The summed E-state index contributed by atoms with van der Waals surface area (Å²) in [7, 11) is 0. The highest BCUT2D eigenvalue weighted by atomic mass is 16.6. The quantitative estimate of drug-likeness (QED) is 0.715. The summed E-state index contributed by atoms with van der Waals surface area (Å²) in [6.07, 6.45) is 0.777. The van der Waals surface area contributed by atoms with Crippen LogP contribution in [0.1, 0.15) is 47.0 Å². The van der Waals surface area contributed by atoms with E-state index >= 15 is 0 Å². The lowest BCUT2D eigenvalue weighted by atomic mass is 10.1. The zero-order chi connectivity index (χ0) is 19.0. The van der Waals surface area contributed by atoms with Crippen LogP contribution in [-0.4, -0.2) is 72.2 Å². The molecular weight excluding hydrogens is 326 g/mol. The van der Waals surface area contributed by atoms with Crippen LogP contribution < -0.4 is 5.73 Å². The number of hydrogen-bond donors (Lipinski definition) is 1. The van der Waals surface area contributed by atoms with E-state index in [1.807, 2.05) is 6.92 Å². The molecule has 2 N–H and O–H groups in total. The number of esters is 1. The number of hydrogen-bond acceptors (Lipinski definition) is 6. The standard InChI is InChI=1S/C17H31N3O5/c1-5-12-24-16(23)20-10-8-19(9-11-20)15(22)13(18)6-7-14(21)25-17(2,3)4/h13H,5-12,18H2,1-4H3. The third-order valence-electron chi connectivity index (χ3n) is 3.68. The van der Waals surface area contributed by atoms with Gasteiger partial charge in [0.15, 0.2) is 0 Å². The van der Waals surface area contributed by atoms with E-state index in [1.54, 1.807) is 30.6 Å². The summed E-state index contributed by atoms with van der Waals surface area (Å²) >= 11 is 0. The lowest BCUT2D eigenvalue weighted by Crippen LogP contribution is -2.54. The zero-order valence-corrected chi connectivity index (χ0v) is 15.7. The SMILES string of the molecule is CCCOC(=O)N1CCN(C(=O)C(N)CCC(=O)OC(C)(C)C)CC1. The van der Waals surface area contributed by atoms with Crippen molar-refractivity contribution in [1.82, 2.24) is 9.80 Å². The normalized spacial score (nSPS) is 16.4. The second kappa shape index (κ2) is 9.60. The van der Waals surface area contributed by atoms with Crippen LogP contribution in [0, 0.1) is 0 Å². The van der Waals surface area contributed by atoms with Gasteiger partial charge in [0.25, 0.3) is 0 Å². The third-order valence-corrected chi connectivity index (χ3v) is 3.68. The lowest BCUT2D eigenvalue weighted by Gasteiger charge is -2.35. The van der Waals surface area contributed by atoms with Gasteiger partial charge in [-0.25, -0.2) is 4.79 Å². The summed E-state index contributed by atoms with van der Waals surface area (Å²) in [6.45, 7) is 9.39. The lowest BCUT2D eigenvalue weighted by molar-refractivity contribution is -0.155. The largest absolute Gasteiger partial charge is 0.460 e. The minimum atomic E-state index is -0.744. The number of nitrogens with zero attached hydrogens (tertiary/aromatic N) is 2. The number of rotatable bonds is 6. The Balaban J connectivity index is 2.35. The first-order valence-corrected chi connectivity index (χ1v) is 8.82. The Bertz CT molecular complexity index is 467. The molecule has 0 saturated carbocycles. The molecule has 1 saturated heterocycles. The van der Waals surface area contributed by atoms with Crippen LogP contribution in [0.3, 0.4) is 0 Å². The molecule has 0 aromatic rings. The minimum absolute atomic E-state index is 0.105. The van der Waals surface area contributed by atoms with E-state index in [1.165, 1.54) is 0 Å². The van der Waals surface area contributed by atoms with E-state index in [0.29, 0.717) is 32.8 Å². The third kappa shape index (κ3) is 7.72. The maximum Gasteiger partial charge on any atom is 0.409 e. The molecule has 25 heavy (non-hydrogen) atoms. The second-order valence-electron chi connectivity index (χ2n) is 7.16. The van der Waals surface area contributed by atoms with Crippen molar-refractivity contribution >= 4 is 18.0 Å². The van der Waals surface area contributed by atoms with E-state index in [2.05, 4.69) is 0 Å². The van der Waals surface area contributed by atoms with Gasteiger partial charge in [-0.15, -0.1) is 0 Å². The Morgan fingerprint density at radius 2 is 1.64 bits per heavy atom. The van der Waals surface area contributed by atoms with Crippen molar-refractivity contribution in [2.45, 2.75) is 58.6 Å². The molecule has 8 heteroatoms. The Morgan fingerprint density at radius 1 is 1.08 bits per heavy atom. The number of carbonyl (C=O) groups is 3. The van der Waals surface area contributed by atoms with Crippen LogP contribution in [0.25, 0.3) is 0 Å². The van der Waals surface area contributed by atoms with Crippen LogP contribution >= 0.6 is 0 Å². The number of carbonyl (C=O) groups excluding carboxylic acids is 3. The van der Waals surface area contributed by atoms with E-state index in [9.17, 15) is 14.4 Å². The average Bonchev–Trinajstić information content (AvgIpc) is 2.55. The molecule has 1 fully saturated rings. The van der Waals surface area contributed by atoms with Gasteiger partial charge in [-0.05, 0) is 33.6 Å². The summed E-state index contributed by atoms with van der Waals surface area (Å²) in [5, 5.41) is 0. The molecule has 1 aliphatic heterocycles. The molecular formula is C17H31N3O5. The molecule has 0 aromatic carbocycles. The maximum absolute atomic E-state index is 12.4. The first-order valence-electron chi connectivity index (χ1n) is 8.82. The molecule has 1 unspecified atom stereocenters. The number of piperazine rings is 1. The van der Waals surface area contributed by atoms with Crippen molar-refractivity contribution in [2.75, 3.05) is 32.8 Å². The van der Waals surface area contributed by atoms with E-state index in [4.69, 9.17) is 15.2 Å². The molecule has 1 heterocycles. The number of nitrogens with two attached hydrogens (primary N) is 1. The van der Waals surface area contributed by atoms with Gasteiger partial charge in [-0.3, -0.25) is 9.59 Å². The Labute approximate surface area is 149 Å². The highest BCUT2D eigenvalue weighted by molar-refractivity contribution is 5.82. The van der Waals surface area contributed by atoms with Crippen LogP contribution in [0.5, 0.6) is 0 Å². The van der Waals surface area contributed by atoms with Crippen molar-refractivity contribution in [3.05, 3.63) is 0 Å². The van der Waals surface area contributed by atoms with E-state index < -0.39 is 11.6 Å². The topological polar surface area (TPSA) is 102 Å². The molecule has 0 aromatic heterocycles. The predicted octanol–water partition coefficient (Wildman–Crippen LogP) is 1.13. The summed E-state index contributed by atoms with van der Waals surface area (Å²) in [5.41, 5.74) is 5.37. The Hall–Kier alpha value is -1.83. The molecule has 1 rings (SSSR count). The monoisotopic (exact) mass is 357 g/mol. The van der Waals surface area contributed by atoms with Crippen molar-refractivity contribution in [3.63, 3.8) is 0 Å². The van der Waals surface area contributed by atoms with Crippen molar-refractivity contribution in [2.24, 2.45) is 5.73 Å². The van der Waals surface area contributed by atoms with Crippen LogP contribution in [0.15, 0.2) is 0 Å². The van der Waals surface area contributed by atoms with Gasteiger partial charge in [0.2, 0.25) is 5.91 Å². The molecule has 8 nitrogen and oxygen atoms in total. The first kappa shape index (κ1) is 21.2. The fourth-order valence-electron chi connectivity index (χ4n) is 2.41. The predicted molar refractivity (Wildman–Crippen MR) is 92.8 cm³/mol. The summed E-state index contributed by atoms with van der Waals surface area (Å²) in [5.74, 6) is -0.565. The van der Waals surface area contributed by atoms with Gasteiger partial charge in [0.1, 0.15) is 5.60 Å². The first-order chi connectivity index (χ1) is 11.6. The highest BCUT2D eigenvalue weighted by Gasteiger charge is 2.28. The van der Waals surface area contributed by atoms with Crippen LogP contribution in [0.2, 0.25) is 0 Å². The number of amides is 2. The van der Waals surface area contributed by atoms with Crippen molar-refractivity contribution in [3.8, 4) is 0 Å². The molecule has 2 amide bonds. The highest BCUT2D eigenvalue weighted by Crippen LogP contribution is 2.11. The molecule has 0 radical (unpaired) electrons. The van der Waals surface area contributed by atoms with Gasteiger partial charge >= 0.3 is 12.1 Å². The number of ether oxygens (including phenoxy) is 2. The van der Waals surface area contributed by atoms with Gasteiger partial charge in [-0.2, -0.15) is 0 Å². The van der Waals surface area contributed by atoms with Crippen molar-refractivity contribution < 1.29 is 23.9 Å². The summed E-state index contributed by atoms with van der Waals surface area (Å²) in [4.78, 5) is 39.1. The van der Waals surface area contributed by atoms with E-state index in [-0.39, 0.29) is 30.8 Å².